The fourth-order valence-electron chi connectivity index (χ4n) is 3.49. The van der Waals surface area contributed by atoms with E-state index in [1.807, 2.05) is 50.2 Å². The average molecular weight is 396 g/mol. The molecule has 0 spiro atoms. The van der Waals surface area contributed by atoms with Crippen LogP contribution < -0.4 is 15.5 Å². The summed E-state index contributed by atoms with van der Waals surface area (Å²) in [5, 5.41) is 5.87. The van der Waals surface area contributed by atoms with E-state index >= 15 is 0 Å². The lowest BCUT2D eigenvalue weighted by molar-refractivity contribution is -0.120. The topological polar surface area (TPSA) is 70.7 Å². The molecule has 2 amide bonds. The highest BCUT2D eigenvalue weighted by molar-refractivity contribution is 5.92. The van der Waals surface area contributed by atoms with Gasteiger partial charge in [0.15, 0.2) is 0 Å². The number of morpholine rings is 1. The molecule has 3 rings (SSSR count). The first-order valence-corrected chi connectivity index (χ1v) is 9.99. The van der Waals surface area contributed by atoms with Crippen LogP contribution in [-0.2, 0) is 14.3 Å². The van der Waals surface area contributed by atoms with Crippen molar-refractivity contribution in [1.29, 1.82) is 0 Å². The Morgan fingerprint density at radius 2 is 1.76 bits per heavy atom. The third-order valence-electron chi connectivity index (χ3n) is 5.11. The number of hydrogen-bond acceptors (Lipinski definition) is 4. The molecule has 2 aromatic rings. The first kappa shape index (κ1) is 20.9. The van der Waals surface area contributed by atoms with Gasteiger partial charge in [-0.2, -0.15) is 0 Å². The summed E-state index contributed by atoms with van der Waals surface area (Å²) in [5.41, 5.74) is 4.99. The van der Waals surface area contributed by atoms with Crippen molar-refractivity contribution in [3.05, 3.63) is 59.2 Å². The van der Waals surface area contributed by atoms with Crippen LogP contribution >= 0.6 is 0 Å². The Morgan fingerprint density at radius 1 is 1.07 bits per heavy atom. The number of nitrogens with zero attached hydrogens (tertiary/aromatic N) is 1. The Bertz CT molecular complexity index is 858. The van der Waals surface area contributed by atoms with Crippen LogP contribution in [0.5, 0.6) is 0 Å². The summed E-state index contributed by atoms with van der Waals surface area (Å²) < 4.78 is 5.41. The Morgan fingerprint density at radius 3 is 2.38 bits per heavy atom. The van der Waals surface area contributed by atoms with Crippen molar-refractivity contribution in [2.24, 2.45) is 0 Å². The lowest BCUT2D eigenvalue weighted by Gasteiger charge is -2.29. The SMILES string of the molecule is CC(=O)NC(CC(=O)Nc1ccc(N2CCOCC2)cc1C)c1ccc(C)cc1. The van der Waals surface area contributed by atoms with E-state index in [9.17, 15) is 9.59 Å². The second kappa shape index (κ2) is 9.56. The van der Waals surface area contributed by atoms with E-state index in [2.05, 4.69) is 21.6 Å². The molecule has 1 unspecified atom stereocenters. The highest BCUT2D eigenvalue weighted by Gasteiger charge is 2.18. The quantitative estimate of drug-likeness (QED) is 0.787. The van der Waals surface area contributed by atoms with Gasteiger partial charge >= 0.3 is 0 Å². The smallest absolute Gasteiger partial charge is 0.226 e. The van der Waals surface area contributed by atoms with Crippen LogP contribution in [0.15, 0.2) is 42.5 Å². The van der Waals surface area contributed by atoms with Crippen molar-refractivity contribution < 1.29 is 14.3 Å². The van der Waals surface area contributed by atoms with Crippen molar-refractivity contribution in [3.8, 4) is 0 Å². The van der Waals surface area contributed by atoms with E-state index in [1.54, 1.807) is 0 Å². The summed E-state index contributed by atoms with van der Waals surface area (Å²) in [6.07, 6.45) is 0.174. The first-order chi connectivity index (χ1) is 13.9. The number of carbonyl (C=O) groups is 2. The van der Waals surface area contributed by atoms with Crippen molar-refractivity contribution >= 4 is 23.2 Å². The van der Waals surface area contributed by atoms with Gasteiger partial charge in [-0.15, -0.1) is 0 Å². The van der Waals surface area contributed by atoms with Gasteiger partial charge in [0.1, 0.15) is 0 Å². The number of ether oxygens (including phenoxy) is 1. The summed E-state index contributed by atoms with van der Waals surface area (Å²) in [4.78, 5) is 26.6. The van der Waals surface area contributed by atoms with Crippen molar-refractivity contribution in [2.75, 3.05) is 36.5 Å². The molecule has 0 aromatic heterocycles. The molecule has 1 fully saturated rings. The Labute approximate surface area is 172 Å². The number of hydrogen-bond donors (Lipinski definition) is 2. The molecule has 0 saturated carbocycles. The molecule has 1 aliphatic rings. The maximum absolute atomic E-state index is 12.7. The molecule has 1 heterocycles. The zero-order valence-corrected chi connectivity index (χ0v) is 17.3. The molecular weight excluding hydrogens is 366 g/mol. The monoisotopic (exact) mass is 395 g/mol. The predicted molar refractivity (Wildman–Crippen MR) is 115 cm³/mol. The van der Waals surface area contributed by atoms with E-state index in [4.69, 9.17) is 4.74 Å². The van der Waals surface area contributed by atoms with Crippen LogP contribution in [0.4, 0.5) is 11.4 Å². The van der Waals surface area contributed by atoms with Gasteiger partial charge in [0.2, 0.25) is 11.8 Å². The minimum absolute atomic E-state index is 0.133. The normalized spacial score (nSPS) is 14.9. The van der Waals surface area contributed by atoms with Gasteiger partial charge in [-0.25, -0.2) is 0 Å². The average Bonchev–Trinajstić information content (AvgIpc) is 2.70. The molecule has 2 aromatic carbocycles. The summed E-state index contributed by atoms with van der Waals surface area (Å²) >= 11 is 0. The van der Waals surface area contributed by atoms with Gasteiger partial charge in [-0.3, -0.25) is 9.59 Å². The fourth-order valence-corrected chi connectivity index (χ4v) is 3.49. The largest absolute Gasteiger partial charge is 0.378 e. The Kier molecular flexibility index (Phi) is 6.88. The maximum Gasteiger partial charge on any atom is 0.226 e. The Balaban J connectivity index is 1.67. The lowest BCUT2D eigenvalue weighted by Crippen LogP contribution is -2.36. The molecule has 1 aliphatic heterocycles. The number of nitrogens with one attached hydrogen (secondary N) is 2. The van der Waals surface area contributed by atoms with Crippen LogP contribution in [-0.4, -0.2) is 38.1 Å². The minimum atomic E-state index is -0.360. The summed E-state index contributed by atoms with van der Waals surface area (Å²) in [7, 11) is 0. The molecule has 29 heavy (non-hydrogen) atoms. The molecule has 6 heteroatoms. The Hall–Kier alpha value is -2.86. The molecular formula is C23H29N3O3. The molecule has 2 N–H and O–H groups in total. The number of anilines is 2. The highest BCUT2D eigenvalue weighted by Crippen LogP contribution is 2.25. The number of amides is 2. The second-order valence-electron chi connectivity index (χ2n) is 7.51. The number of rotatable bonds is 6. The van der Waals surface area contributed by atoms with E-state index in [-0.39, 0.29) is 24.3 Å². The van der Waals surface area contributed by atoms with Gasteiger partial charge in [-0.05, 0) is 43.2 Å². The molecule has 1 atom stereocenters. The van der Waals surface area contributed by atoms with Gasteiger partial charge in [0.05, 0.1) is 25.7 Å². The third kappa shape index (κ3) is 5.81. The van der Waals surface area contributed by atoms with Crippen LogP contribution in [0.25, 0.3) is 0 Å². The maximum atomic E-state index is 12.7. The standard InChI is InChI=1S/C23H29N3O3/c1-16-4-6-19(7-5-16)22(24-18(3)27)15-23(28)25-21-9-8-20(14-17(21)2)26-10-12-29-13-11-26/h4-9,14,22H,10-13,15H2,1-3H3,(H,24,27)(H,25,28). The summed E-state index contributed by atoms with van der Waals surface area (Å²) in [5.74, 6) is -0.291. The van der Waals surface area contributed by atoms with Crippen LogP contribution in [0.2, 0.25) is 0 Å². The van der Waals surface area contributed by atoms with Crippen LogP contribution in [0.3, 0.4) is 0 Å². The van der Waals surface area contributed by atoms with Gasteiger partial charge < -0.3 is 20.3 Å². The van der Waals surface area contributed by atoms with E-state index < -0.39 is 0 Å². The van der Waals surface area contributed by atoms with E-state index in [0.29, 0.717) is 0 Å². The van der Waals surface area contributed by atoms with Gasteiger partial charge in [0, 0.05) is 31.4 Å². The molecule has 1 saturated heterocycles. The molecule has 6 nitrogen and oxygen atoms in total. The van der Waals surface area contributed by atoms with Crippen molar-refractivity contribution in [3.63, 3.8) is 0 Å². The number of aryl methyl sites for hydroxylation is 2. The molecule has 0 aliphatic carbocycles. The second-order valence-corrected chi connectivity index (χ2v) is 7.51. The fraction of sp³-hybridized carbons (Fsp3) is 0.391. The third-order valence-corrected chi connectivity index (χ3v) is 5.11. The van der Waals surface area contributed by atoms with E-state index in [0.717, 1.165) is 54.4 Å². The van der Waals surface area contributed by atoms with Crippen LogP contribution in [0.1, 0.15) is 36.1 Å². The minimum Gasteiger partial charge on any atom is -0.378 e. The molecule has 0 radical (unpaired) electrons. The van der Waals surface area contributed by atoms with Gasteiger partial charge in [0.25, 0.3) is 0 Å². The first-order valence-electron chi connectivity index (χ1n) is 9.99. The lowest BCUT2D eigenvalue weighted by atomic mass is 10.0. The molecule has 0 bridgehead atoms. The van der Waals surface area contributed by atoms with E-state index in [1.165, 1.54) is 6.92 Å². The van der Waals surface area contributed by atoms with Crippen molar-refractivity contribution in [2.45, 2.75) is 33.2 Å². The van der Waals surface area contributed by atoms with Crippen LogP contribution in [0, 0.1) is 13.8 Å². The van der Waals surface area contributed by atoms with Gasteiger partial charge in [-0.1, -0.05) is 29.8 Å². The highest BCUT2D eigenvalue weighted by atomic mass is 16.5. The zero-order chi connectivity index (χ0) is 20.8. The zero-order valence-electron chi connectivity index (χ0n) is 17.3. The summed E-state index contributed by atoms with van der Waals surface area (Å²) in [6.45, 7) is 8.69. The van der Waals surface area contributed by atoms with Crippen molar-refractivity contribution in [1.82, 2.24) is 5.32 Å². The molecule has 154 valence electrons. The summed E-state index contributed by atoms with van der Waals surface area (Å²) in [6, 6.07) is 13.6. The predicted octanol–water partition coefficient (Wildman–Crippen LogP) is 3.35. The number of benzene rings is 2. The number of carbonyl (C=O) groups excluding carboxylic acids is 2.